The molecule has 4 nitrogen and oxygen atoms in total. The van der Waals surface area contributed by atoms with Crippen LogP contribution in [0.5, 0.6) is 0 Å². The van der Waals surface area contributed by atoms with Crippen LogP contribution in [-0.2, 0) is 0 Å². The number of aromatic amines is 1. The summed E-state index contributed by atoms with van der Waals surface area (Å²) in [5.41, 5.74) is 7.75. The van der Waals surface area contributed by atoms with Gasteiger partial charge in [-0.15, -0.1) is 5.10 Å². The molecule has 0 unspecified atom stereocenters. The first-order valence-corrected chi connectivity index (χ1v) is 5.49. The van der Waals surface area contributed by atoms with E-state index in [9.17, 15) is 0 Å². The molecule has 0 aliphatic rings. The minimum atomic E-state index is 0.357. The van der Waals surface area contributed by atoms with Crippen LogP contribution in [0, 0.1) is 11.7 Å². The number of hydrogen-bond acceptors (Lipinski definition) is 3. The van der Waals surface area contributed by atoms with Gasteiger partial charge in [0.2, 0.25) is 10.7 Å². The highest BCUT2D eigenvalue weighted by Crippen LogP contribution is 2.21. The number of hydrogen-bond donors (Lipinski definition) is 2. The number of aryl methyl sites for hydroxylation is 1. The van der Waals surface area contributed by atoms with Crippen molar-refractivity contribution in [1.82, 2.24) is 14.8 Å². The second kappa shape index (κ2) is 3.79. The van der Waals surface area contributed by atoms with Crippen LogP contribution in [0.1, 0.15) is 5.56 Å². The van der Waals surface area contributed by atoms with Gasteiger partial charge in [0.25, 0.3) is 0 Å². The maximum Gasteiger partial charge on any atom is 0.225 e. The average Bonchev–Trinajstić information content (AvgIpc) is 2.52. The van der Waals surface area contributed by atoms with Crippen molar-refractivity contribution in [2.75, 3.05) is 5.73 Å². The van der Waals surface area contributed by atoms with Crippen molar-refractivity contribution >= 4 is 34.1 Å². The zero-order chi connectivity index (χ0) is 11.0. The van der Waals surface area contributed by atoms with Crippen LogP contribution in [0.25, 0.3) is 5.69 Å². The van der Waals surface area contributed by atoms with Gasteiger partial charge in [-0.3, -0.25) is 4.57 Å². The first-order valence-electron chi connectivity index (χ1n) is 4.29. The summed E-state index contributed by atoms with van der Waals surface area (Å²) in [7, 11) is 0. The van der Waals surface area contributed by atoms with Gasteiger partial charge in [0.15, 0.2) is 0 Å². The number of halogens is 1. The zero-order valence-electron chi connectivity index (χ0n) is 7.99. The summed E-state index contributed by atoms with van der Waals surface area (Å²) >= 11 is 8.54. The van der Waals surface area contributed by atoms with Gasteiger partial charge in [0.1, 0.15) is 0 Å². The lowest BCUT2D eigenvalue weighted by Crippen LogP contribution is -2.00. The summed E-state index contributed by atoms with van der Waals surface area (Å²) in [6.07, 6.45) is 0. The third-order valence-electron chi connectivity index (χ3n) is 2.11. The zero-order valence-corrected chi connectivity index (χ0v) is 10.4. The second-order valence-corrected chi connectivity index (χ2v) is 4.40. The molecule has 0 aliphatic heterocycles. The van der Waals surface area contributed by atoms with Gasteiger partial charge in [-0.05, 0) is 36.8 Å². The van der Waals surface area contributed by atoms with Crippen molar-refractivity contribution in [3.63, 3.8) is 0 Å². The highest BCUT2D eigenvalue weighted by atomic mass is 79.9. The van der Waals surface area contributed by atoms with Crippen LogP contribution in [-0.4, -0.2) is 14.8 Å². The largest absolute Gasteiger partial charge is 0.368 e. The lowest BCUT2D eigenvalue weighted by atomic mass is 10.2. The number of rotatable bonds is 1. The number of nitrogen functional groups attached to an aromatic ring is 1. The molecule has 2 rings (SSSR count). The summed E-state index contributed by atoms with van der Waals surface area (Å²) < 4.78 is 3.19. The summed E-state index contributed by atoms with van der Waals surface area (Å²) in [6, 6.07) is 5.90. The molecule has 0 saturated heterocycles. The fourth-order valence-corrected chi connectivity index (χ4v) is 1.89. The fraction of sp³-hybridized carbons (Fsp3) is 0.111. The Labute approximate surface area is 100 Å². The molecule has 0 saturated carbocycles. The van der Waals surface area contributed by atoms with Gasteiger partial charge in [-0.25, -0.2) is 5.10 Å². The smallest absolute Gasteiger partial charge is 0.225 e. The summed E-state index contributed by atoms with van der Waals surface area (Å²) in [4.78, 5) is 0. The molecule has 3 N–H and O–H groups in total. The average molecular weight is 285 g/mol. The van der Waals surface area contributed by atoms with E-state index in [2.05, 4.69) is 26.1 Å². The normalized spacial score (nSPS) is 10.5. The fourth-order valence-electron chi connectivity index (χ4n) is 1.28. The monoisotopic (exact) mass is 284 g/mol. The molecule has 1 heterocycles. The molecule has 6 heteroatoms. The standard InChI is InChI=1S/C9H9BrN4S/c1-5-2-3-6(4-7(5)10)14-8(11)12-13-9(14)15/h2-4H,1H3,(H2,11,12)(H,13,15). The van der Waals surface area contributed by atoms with E-state index in [1.54, 1.807) is 4.57 Å². The van der Waals surface area contributed by atoms with Gasteiger partial charge in [-0.2, -0.15) is 0 Å². The highest BCUT2D eigenvalue weighted by Gasteiger charge is 2.05. The SMILES string of the molecule is Cc1ccc(-n2c(N)n[nH]c2=S)cc1Br. The molecule has 0 amide bonds. The Kier molecular flexibility index (Phi) is 2.62. The highest BCUT2D eigenvalue weighted by molar-refractivity contribution is 9.10. The molecule has 2 aromatic rings. The predicted octanol–water partition coefficient (Wildman–Crippen LogP) is 2.58. The van der Waals surface area contributed by atoms with Crippen molar-refractivity contribution in [3.8, 4) is 5.69 Å². The van der Waals surface area contributed by atoms with Gasteiger partial charge < -0.3 is 5.73 Å². The number of H-pyrrole nitrogens is 1. The molecule has 0 fully saturated rings. The number of benzene rings is 1. The number of nitrogens with one attached hydrogen (secondary N) is 1. The Bertz CT molecular complexity index is 557. The molecule has 1 aromatic heterocycles. The number of nitrogens with zero attached hydrogens (tertiary/aromatic N) is 2. The lowest BCUT2D eigenvalue weighted by Gasteiger charge is -2.05. The minimum Gasteiger partial charge on any atom is -0.368 e. The van der Waals surface area contributed by atoms with E-state index in [4.69, 9.17) is 18.0 Å². The molecule has 0 atom stereocenters. The third-order valence-corrected chi connectivity index (χ3v) is 3.24. The molecule has 0 bridgehead atoms. The third kappa shape index (κ3) is 1.82. The first-order chi connectivity index (χ1) is 7.09. The van der Waals surface area contributed by atoms with Crippen molar-refractivity contribution in [1.29, 1.82) is 0 Å². The Morgan fingerprint density at radius 3 is 2.80 bits per heavy atom. The Morgan fingerprint density at radius 2 is 2.27 bits per heavy atom. The topological polar surface area (TPSA) is 59.6 Å². The Morgan fingerprint density at radius 1 is 1.53 bits per heavy atom. The second-order valence-electron chi connectivity index (χ2n) is 3.16. The quantitative estimate of drug-likeness (QED) is 0.792. The molecular weight excluding hydrogens is 276 g/mol. The molecule has 0 spiro atoms. The van der Waals surface area contributed by atoms with Gasteiger partial charge in [-0.1, -0.05) is 22.0 Å². The van der Waals surface area contributed by atoms with E-state index in [1.165, 1.54) is 0 Å². The van der Waals surface area contributed by atoms with Crippen molar-refractivity contribution in [2.45, 2.75) is 6.92 Å². The first kappa shape index (κ1) is 10.4. The molecule has 15 heavy (non-hydrogen) atoms. The van der Waals surface area contributed by atoms with Crippen LogP contribution < -0.4 is 5.73 Å². The van der Waals surface area contributed by atoms with Crippen molar-refractivity contribution < 1.29 is 0 Å². The summed E-state index contributed by atoms with van der Waals surface area (Å²) in [5, 5.41) is 6.50. The number of nitrogens with two attached hydrogens (primary N) is 1. The maximum absolute atomic E-state index is 5.70. The summed E-state index contributed by atoms with van der Waals surface area (Å²) in [6.45, 7) is 2.02. The van der Waals surface area contributed by atoms with E-state index < -0.39 is 0 Å². The van der Waals surface area contributed by atoms with Crippen LogP contribution in [0.4, 0.5) is 5.95 Å². The van der Waals surface area contributed by atoms with E-state index in [1.807, 2.05) is 25.1 Å². The van der Waals surface area contributed by atoms with Crippen LogP contribution >= 0.6 is 28.1 Å². The van der Waals surface area contributed by atoms with E-state index in [0.717, 1.165) is 15.7 Å². The van der Waals surface area contributed by atoms with Crippen LogP contribution in [0.2, 0.25) is 0 Å². The number of anilines is 1. The van der Waals surface area contributed by atoms with Crippen LogP contribution in [0.3, 0.4) is 0 Å². The molecule has 78 valence electrons. The van der Waals surface area contributed by atoms with Gasteiger partial charge >= 0.3 is 0 Å². The minimum absolute atomic E-state index is 0.357. The van der Waals surface area contributed by atoms with Crippen molar-refractivity contribution in [2.24, 2.45) is 0 Å². The molecule has 0 aliphatic carbocycles. The number of aromatic nitrogens is 3. The van der Waals surface area contributed by atoms with Gasteiger partial charge in [0.05, 0.1) is 5.69 Å². The van der Waals surface area contributed by atoms with E-state index >= 15 is 0 Å². The maximum atomic E-state index is 5.70. The Balaban J connectivity index is 2.65. The van der Waals surface area contributed by atoms with E-state index in [0.29, 0.717) is 10.7 Å². The molecule has 1 aromatic carbocycles. The molecular formula is C9H9BrN4S. The Hall–Kier alpha value is -1.14. The van der Waals surface area contributed by atoms with E-state index in [-0.39, 0.29) is 0 Å². The predicted molar refractivity (Wildman–Crippen MR) is 65.6 cm³/mol. The lowest BCUT2D eigenvalue weighted by molar-refractivity contribution is 1.03. The molecule has 0 radical (unpaired) electrons. The summed E-state index contributed by atoms with van der Waals surface area (Å²) in [5.74, 6) is 0.357. The van der Waals surface area contributed by atoms with Crippen molar-refractivity contribution in [3.05, 3.63) is 33.0 Å². The van der Waals surface area contributed by atoms with Gasteiger partial charge in [0, 0.05) is 4.47 Å². The van der Waals surface area contributed by atoms with Crippen LogP contribution in [0.15, 0.2) is 22.7 Å².